The van der Waals surface area contributed by atoms with Gasteiger partial charge in [-0.2, -0.15) is 0 Å². The van der Waals surface area contributed by atoms with E-state index in [2.05, 4.69) is 26.3 Å². The van der Waals surface area contributed by atoms with Gasteiger partial charge in [-0.15, -0.1) is 0 Å². The minimum absolute atomic E-state index is 0.467. The first-order chi connectivity index (χ1) is 14.2. The zero-order valence-electron chi connectivity index (χ0n) is 15.9. The molecule has 29 heavy (non-hydrogen) atoms. The fraction of sp³-hybridized carbons (Fsp3) is 0.381. The Morgan fingerprint density at radius 2 is 1.90 bits per heavy atom. The number of fused-ring (bicyclic) bond motifs is 1. The lowest BCUT2D eigenvalue weighted by Gasteiger charge is -2.36. The summed E-state index contributed by atoms with van der Waals surface area (Å²) in [5, 5.41) is 3.49. The zero-order valence-corrected chi connectivity index (χ0v) is 15.9. The second-order valence-corrected chi connectivity index (χ2v) is 7.62. The van der Waals surface area contributed by atoms with Gasteiger partial charge in [0.1, 0.15) is 17.2 Å². The van der Waals surface area contributed by atoms with Crippen molar-refractivity contribution in [1.29, 1.82) is 0 Å². The molecule has 1 N–H and O–H groups in total. The normalized spacial score (nSPS) is 17.7. The van der Waals surface area contributed by atoms with E-state index < -0.39 is 11.6 Å². The minimum Gasteiger partial charge on any atom is -0.364 e. The molecule has 0 atom stereocenters. The maximum Gasteiger partial charge on any atom is 0.172 e. The fourth-order valence-corrected chi connectivity index (χ4v) is 3.60. The Morgan fingerprint density at radius 3 is 2.66 bits per heavy atom. The van der Waals surface area contributed by atoms with E-state index in [1.54, 1.807) is 12.3 Å². The molecule has 6 nitrogen and oxygen atoms in total. The fourth-order valence-electron chi connectivity index (χ4n) is 3.60. The Bertz CT molecular complexity index is 1030. The molecule has 3 heterocycles. The molecular formula is C21H21F2N6. The van der Waals surface area contributed by atoms with Crippen molar-refractivity contribution < 1.29 is 8.78 Å². The van der Waals surface area contributed by atoms with E-state index in [9.17, 15) is 8.78 Å². The van der Waals surface area contributed by atoms with Crippen LogP contribution in [-0.4, -0.2) is 52.1 Å². The van der Waals surface area contributed by atoms with Gasteiger partial charge in [0.15, 0.2) is 11.6 Å². The number of hydrogen-bond acceptors (Lipinski definition) is 6. The average molecular weight is 395 g/mol. The number of aromatic nitrogens is 3. The van der Waals surface area contributed by atoms with Gasteiger partial charge in [-0.25, -0.2) is 18.7 Å². The predicted molar refractivity (Wildman–Crippen MR) is 107 cm³/mol. The van der Waals surface area contributed by atoms with E-state index in [0.717, 1.165) is 67.8 Å². The second kappa shape index (κ2) is 7.51. The molecule has 0 unspecified atom stereocenters. The molecule has 1 saturated heterocycles. The van der Waals surface area contributed by atoms with Crippen molar-refractivity contribution >= 4 is 22.7 Å². The molecule has 1 aliphatic heterocycles. The van der Waals surface area contributed by atoms with Crippen molar-refractivity contribution in [2.75, 3.05) is 36.4 Å². The van der Waals surface area contributed by atoms with E-state index in [-0.39, 0.29) is 0 Å². The summed E-state index contributed by atoms with van der Waals surface area (Å²) in [6.07, 6.45) is 6.80. The van der Waals surface area contributed by atoms with Gasteiger partial charge in [0, 0.05) is 50.4 Å². The van der Waals surface area contributed by atoms with Crippen molar-refractivity contribution in [2.45, 2.75) is 25.4 Å². The Hall–Kier alpha value is -2.87. The molecule has 5 rings (SSSR count). The summed E-state index contributed by atoms with van der Waals surface area (Å²) in [6.45, 7) is 3.51. The summed E-state index contributed by atoms with van der Waals surface area (Å²) < 4.78 is 27.1. The van der Waals surface area contributed by atoms with Gasteiger partial charge in [-0.05, 0) is 25.0 Å². The van der Waals surface area contributed by atoms with Gasteiger partial charge in [-0.3, -0.25) is 9.88 Å². The molecule has 2 aromatic heterocycles. The number of nitrogens with one attached hydrogen (secondary N) is 1. The lowest BCUT2D eigenvalue weighted by molar-refractivity contribution is 0.246. The third-order valence-corrected chi connectivity index (χ3v) is 5.39. The SMILES string of the molecule is Fc1ccc(CN2CCN(c3nc4cn[c]cc4nc3NC3CC3)CC2)c(F)c1. The molecule has 2 fully saturated rings. The highest BCUT2D eigenvalue weighted by molar-refractivity contribution is 5.79. The molecular weight excluding hydrogens is 374 g/mol. The first kappa shape index (κ1) is 18.2. The Kier molecular flexibility index (Phi) is 4.71. The number of hydrogen-bond donors (Lipinski definition) is 1. The molecule has 1 aliphatic carbocycles. The second-order valence-electron chi connectivity index (χ2n) is 7.62. The van der Waals surface area contributed by atoms with Gasteiger partial charge in [0.05, 0.1) is 17.9 Å². The third-order valence-electron chi connectivity index (χ3n) is 5.39. The molecule has 3 aromatic rings. The first-order valence-corrected chi connectivity index (χ1v) is 9.87. The minimum atomic E-state index is -0.547. The van der Waals surface area contributed by atoms with Gasteiger partial charge < -0.3 is 10.2 Å². The van der Waals surface area contributed by atoms with E-state index in [4.69, 9.17) is 9.97 Å². The number of rotatable bonds is 5. The van der Waals surface area contributed by atoms with Crippen LogP contribution in [0.2, 0.25) is 0 Å². The smallest absolute Gasteiger partial charge is 0.172 e. The van der Waals surface area contributed by atoms with Gasteiger partial charge in [0.2, 0.25) is 0 Å². The number of piperazine rings is 1. The number of halogens is 2. The zero-order chi connectivity index (χ0) is 19.8. The molecule has 1 radical (unpaired) electrons. The maximum atomic E-state index is 14.0. The maximum absolute atomic E-state index is 14.0. The van der Waals surface area contributed by atoms with Crippen molar-refractivity contribution in [1.82, 2.24) is 19.9 Å². The highest BCUT2D eigenvalue weighted by Crippen LogP contribution is 2.31. The molecule has 0 bridgehead atoms. The van der Waals surface area contributed by atoms with Crippen LogP contribution in [0.4, 0.5) is 20.4 Å². The monoisotopic (exact) mass is 395 g/mol. The molecule has 0 spiro atoms. The topological polar surface area (TPSA) is 57.2 Å². The van der Waals surface area contributed by atoms with Crippen LogP contribution in [-0.2, 0) is 6.54 Å². The van der Waals surface area contributed by atoms with E-state index >= 15 is 0 Å². The van der Waals surface area contributed by atoms with Crippen molar-refractivity contribution in [2.24, 2.45) is 0 Å². The standard InChI is InChI=1S/C21H21F2N6/c22-15-2-1-14(17(23)11-15)13-28-7-9-29(10-8-28)21-20(25-16-3-4-16)26-18-5-6-24-12-19(18)27-21/h1-2,5,11-12,16H,3-4,7-10,13H2,(H,25,26). The lowest BCUT2D eigenvalue weighted by atomic mass is 10.1. The number of pyridine rings is 1. The van der Waals surface area contributed by atoms with Crippen LogP contribution in [0.5, 0.6) is 0 Å². The van der Waals surface area contributed by atoms with Gasteiger partial charge >= 0.3 is 0 Å². The van der Waals surface area contributed by atoms with Crippen molar-refractivity contribution in [3.05, 3.63) is 53.9 Å². The summed E-state index contributed by atoms with van der Waals surface area (Å²) in [4.78, 5) is 18.0. The summed E-state index contributed by atoms with van der Waals surface area (Å²) in [6, 6.07) is 5.99. The molecule has 1 saturated carbocycles. The quantitative estimate of drug-likeness (QED) is 0.717. The largest absolute Gasteiger partial charge is 0.364 e. The summed E-state index contributed by atoms with van der Waals surface area (Å²) in [7, 11) is 0. The third kappa shape index (κ3) is 3.98. The molecule has 0 amide bonds. The van der Waals surface area contributed by atoms with Gasteiger partial charge in [-0.1, -0.05) is 6.07 Å². The predicted octanol–water partition coefficient (Wildman–Crippen LogP) is 3.00. The van der Waals surface area contributed by atoms with Crippen LogP contribution in [0.25, 0.3) is 11.0 Å². The lowest BCUT2D eigenvalue weighted by Crippen LogP contribution is -2.46. The van der Waals surface area contributed by atoms with Crippen molar-refractivity contribution in [3.8, 4) is 0 Å². The molecule has 149 valence electrons. The number of benzene rings is 1. The summed E-state index contributed by atoms with van der Waals surface area (Å²) in [5.41, 5.74) is 2.04. The highest BCUT2D eigenvalue weighted by atomic mass is 19.1. The van der Waals surface area contributed by atoms with E-state index in [0.29, 0.717) is 18.2 Å². The van der Waals surface area contributed by atoms with Crippen LogP contribution in [0.1, 0.15) is 18.4 Å². The molecule has 8 heteroatoms. The Balaban J connectivity index is 1.32. The van der Waals surface area contributed by atoms with Crippen molar-refractivity contribution in [3.63, 3.8) is 0 Å². The molecule has 2 aliphatic rings. The van der Waals surface area contributed by atoms with E-state index in [1.807, 2.05) is 0 Å². The van der Waals surface area contributed by atoms with Crippen LogP contribution in [0, 0.1) is 17.8 Å². The first-order valence-electron chi connectivity index (χ1n) is 9.87. The average Bonchev–Trinajstić information content (AvgIpc) is 3.54. The Morgan fingerprint density at radius 1 is 1.07 bits per heavy atom. The Labute approximate surface area is 167 Å². The summed E-state index contributed by atoms with van der Waals surface area (Å²) >= 11 is 0. The van der Waals surface area contributed by atoms with Crippen LogP contribution >= 0.6 is 0 Å². The summed E-state index contributed by atoms with van der Waals surface area (Å²) in [5.74, 6) is 0.601. The van der Waals surface area contributed by atoms with Gasteiger partial charge in [0.25, 0.3) is 0 Å². The van der Waals surface area contributed by atoms with Crippen LogP contribution in [0.3, 0.4) is 0 Å². The van der Waals surface area contributed by atoms with Crippen LogP contribution in [0.15, 0.2) is 30.5 Å². The number of nitrogens with zero attached hydrogens (tertiary/aromatic N) is 5. The highest BCUT2D eigenvalue weighted by Gasteiger charge is 2.27. The number of anilines is 2. The van der Waals surface area contributed by atoms with E-state index in [1.165, 1.54) is 12.1 Å². The van der Waals surface area contributed by atoms with Crippen LogP contribution < -0.4 is 10.2 Å². The molecule has 1 aromatic carbocycles.